The smallest absolute Gasteiger partial charge is 0.161 e. The van der Waals surface area contributed by atoms with Crippen molar-refractivity contribution in [2.24, 2.45) is 0 Å². The van der Waals surface area contributed by atoms with Crippen molar-refractivity contribution in [1.82, 2.24) is 0 Å². The minimum Gasteiger partial charge on any atom is -0.497 e. The second kappa shape index (κ2) is 10.0. The molecule has 0 aromatic heterocycles. The Morgan fingerprint density at radius 3 is 2.34 bits per heavy atom. The van der Waals surface area contributed by atoms with Gasteiger partial charge in [-0.3, -0.25) is 0 Å². The summed E-state index contributed by atoms with van der Waals surface area (Å²) in [6.45, 7) is 2.92. The van der Waals surface area contributed by atoms with Gasteiger partial charge in [0.15, 0.2) is 11.5 Å². The maximum absolute atomic E-state index is 9.60. The minimum atomic E-state index is 0.464. The van der Waals surface area contributed by atoms with E-state index >= 15 is 0 Å². The van der Waals surface area contributed by atoms with E-state index in [0.717, 1.165) is 22.4 Å². The highest BCUT2D eigenvalue weighted by Crippen LogP contribution is 2.31. The van der Waals surface area contributed by atoms with Crippen molar-refractivity contribution in [3.05, 3.63) is 89.5 Å². The number of allylic oxidation sites excluding steroid dienone is 1. The lowest BCUT2D eigenvalue weighted by Crippen LogP contribution is -2.00. The SMILES string of the molecule is CCOc1cc(/C=C(\C#N)c2ccc(OC)cc2)ccc1OCc1ccccc1. The van der Waals surface area contributed by atoms with Gasteiger partial charge < -0.3 is 14.2 Å². The minimum absolute atomic E-state index is 0.464. The summed E-state index contributed by atoms with van der Waals surface area (Å²) >= 11 is 0. The molecule has 3 aromatic carbocycles. The van der Waals surface area contributed by atoms with Crippen molar-refractivity contribution in [3.63, 3.8) is 0 Å². The van der Waals surface area contributed by atoms with E-state index in [0.29, 0.717) is 30.3 Å². The van der Waals surface area contributed by atoms with Crippen LogP contribution in [0.1, 0.15) is 23.6 Å². The lowest BCUT2D eigenvalue weighted by molar-refractivity contribution is 0.269. The van der Waals surface area contributed by atoms with Gasteiger partial charge in [0.2, 0.25) is 0 Å². The molecule has 0 aliphatic rings. The summed E-state index contributed by atoms with van der Waals surface area (Å²) in [6.07, 6.45) is 1.84. The van der Waals surface area contributed by atoms with Crippen LogP contribution >= 0.6 is 0 Å². The molecule has 0 amide bonds. The zero-order valence-electron chi connectivity index (χ0n) is 16.6. The number of hydrogen-bond donors (Lipinski definition) is 0. The van der Waals surface area contributed by atoms with E-state index in [2.05, 4.69) is 6.07 Å². The quantitative estimate of drug-likeness (QED) is 0.367. The third-order valence-electron chi connectivity index (χ3n) is 4.34. The Balaban J connectivity index is 1.84. The largest absolute Gasteiger partial charge is 0.497 e. The second-order valence-electron chi connectivity index (χ2n) is 6.31. The van der Waals surface area contributed by atoms with Gasteiger partial charge in [0, 0.05) is 0 Å². The van der Waals surface area contributed by atoms with Crippen molar-refractivity contribution in [2.45, 2.75) is 13.5 Å². The van der Waals surface area contributed by atoms with Gasteiger partial charge in [-0.1, -0.05) is 36.4 Å². The van der Waals surface area contributed by atoms with Crippen molar-refractivity contribution in [2.75, 3.05) is 13.7 Å². The van der Waals surface area contributed by atoms with E-state index in [1.165, 1.54) is 0 Å². The summed E-state index contributed by atoms with van der Waals surface area (Å²) in [4.78, 5) is 0. The number of benzene rings is 3. The van der Waals surface area contributed by atoms with E-state index in [9.17, 15) is 5.26 Å². The highest BCUT2D eigenvalue weighted by atomic mass is 16.5. The van der Waals surface area contributed by atoms with Gasteiger partial charge in [-0.25, -0.2) is 0 Å². The van der Waals surface area contributed by atoms with Crippen LogP contribution in [-0.2, 0) is 6.61 Å². The molecular weight excluding hydrogens is 362 g/mol. The normalized spacial score (nSPS) is 10.9. The van der Waals surface area contributed by atoms with Crippen molar-refractivity contribution in [1.29, 1.82) is 5.26 Å². The summed E-state index contributed by atoms with van der Waals surface area (Å²) in [5, 5.41) is 9.60. The standard InChI is InChI=1S/C25H23NO3/c1-3-28-25-16-20(9-14-24(25)29-18-19-7-5-4-6-8-19)15-22(17-26)21-10-12-23(27-2)13-11-21/h4-16H,3,18H2,1-2H3/b22-15+. The average Bonchev–Trinajstić information content (AvgIpc) is 2.78. The zero-order chi connectivity index (χ0) is 20.5. The average molecular weight is 385 g/mol. The summed E-state index contributed by atoms with van der Waals surface area (Å²) in [6, 6.07) is 25.4. The molecule has 0 saturated heterocycles. The maximum Gasteiger partial charge on any atom is 0.161 e. The molecule has 146 valence electrons. The van der Waals surface area contributed by atoms with E-state index in [-0.39, 0.29) is 0 Å². The van der Waals surface area contributed by atoms with Crippen molar-refractivity contribution < 1.29 is 14.2 Å². The number of rotatable bonds is 8. The molecule has 4 nitrogen and oxygen atoms in total. The molecule has 0 fully saturated rings. The number of nitrogens with zero attached hydrogens (tertiary/aromatic N) is 1. The van der Waals surface area contributed by atoms with Crippen LogP contribution in [0.25, 0.3) is 11.6 Å². The number of ether oxygens (including phenoxy) is 3. The van der Waals surface area contributed by atoms with Crippen LogP contribution < -0.4 is 14.2 Å². The first kappa shape index (κ1) is 20.0. The topological polar surface area (TPSA) is 51.5 Å². The molecule has 0 unspecified atom stereocenters. The lowest BCUT2D eigenvalue weighted by Gasteiger charge is -2.13. The highest BCUT2D eigenvalue weighted by Gasteiger charge is 2.08. The van der Waals surface area contributed by atoms with Crippen LogP contribution in [-0.4, -0.2) is 13.7 Å². The van der Waals surface area contributed by atoms with Gasteiger partial charge in [0.25, 0.3) is 0 Å². The zero-order valence-corrected chi connectivity index (χ0v) is 16.6. The summed E-state index contributed by atoms with van der Waals surface area (Å²) < 4.78 is 16.9. The van der Waals surface area contributed by atoms with Crippen molar-refractivity contribution >= 4 is 11.6 Å². The Morgan fingerprint density at radius 1 is 0.931 bits per heavy atom. The van der Waals surface area contributed by atoms with Crippen LogP contribution in [0.3, 0.4) is 0 Å². The van der Waals surface area contributed by atoms with Gasteiger partial charge >= 0.3 is 0 Å². The molecule has 4 heteroatoms. The van der Waals surface area contributed by atoms with E-state index in [4.69, 9.17) is 14.2 Å². The highest BCUT2D eigenvalue weighted by molar-refractivity contribution is 5.90. The molecule has 0 N–H and O–H groups in total. The summed E-state index contributed by atoms with van der Waals surface area (Å²) in [5.41, 5.74) is 3.35. The Bertz CT molecular complexity index is 1000. The maximum atomic E-state index is 9.60. The first-order chi connectivity index (χ1) is 14.2. The Hall–Kier alpha value is -3.71. The number of hydrogen-bond acceptors (Lipinski definition) is 4. The molecule has 0 bridgehead atoms. The predicted molar refractivity (Wildman–Crippen MR) is 115 cm³/mol. The fourth-order valence-electron chi connectivity index (χ4n) is 2.85. The van der Waals surface area contributed by atoms with Gasteiger partial charge in [-0.05, 0) is 66.1 Å². The van der Waals surface area contributed by atoms with Gasteiger partial charge in [-0.2, -0.15) is 5.26 Å². The third kappa shape index (κ3) is 5.40. The van der Waals surface area contributed by atoms with Crippen LogP contribution in [0.2, 0.25) is 0 Å². The summed E-state index contributed by atoms with van der Waals surface area (Å²) in [7, 11) is 1.62. The molecule has 0 atom stereocenters. The van der Waals surface area contributed by atoms with E-state index in [1.54, 1.807) is 7.11 Å². The molecular formula is C25H23NO3. The van der Waals surface area contributed by atoms with Crippen LogP contribution in [0.15, 0.2) is 72.8 Å². The van der Waals surface area contributed by atoms with Crippen LogP contribution in [0, 0.1) is 11.3 Å². The van der Waals surface area contributed by atoms with E-state index < -0.39 is 0 Å². The molecule has 0 aliphatic carbocycles. The van der Waals surface area contributed by atoms with Crippen molar-refractivity contribution in [3.8, 4) is 23.3 Å². The monoisotopic (exact) mass is 385 g/mol. The lowest BCUT2D eigenvalue weighted by atomic mass is 10.0. The van der Waals surface area contributed by atoms with Crippen LogP contribution in [0.5, 0.6) is 17.2 Å². The van der Waals surface area contributed by atoms with Gasteiger partial charge in [0.05, 0.1) is 25.4 Å². The molecule has 0 spiro atoms. The molecule has 0 aliphatic heterocycles. The predicted octanol–water partition coefficient (Wildman–Crippen LogP) is 5.74. The third-order valence-corrected chi connectivity index (χ3v) is 4.34. The van der Waals surface area contributed by atoms with Gasteiger partial charge in [-0.15, -0.1) is 0 Å². The fraction of sp³-hybridized carbons (Fsp3) is 0.160. The second-order valence-corrected chi connectivity index (χ2v) is 6.31. The molecule has 0 heterocycles. The first-order valence-electron chi connectivity index (χ1n) is 9.43. The number of methoxy groups -OCH3 is 1. The molecule has 0 saturated carbocycles. The molecule has 0 radical (unpaired) electrons. The summed E-state index contributed by atoms with van der Waals surface area (Å²) in [5.74, 6) is 2.09. The first-order valence-corrected chi connectivity index (χ1v) is 9.43. The molecule has 3 rings (SSSR count). The fourth-order valence-corrected chi connectivity index (χ4v) is 2.85. The number of nitriles is 1. The molecule has 29 heavy (non-hydrogen) atoms. The molecule has 3 aromatic rings. The Kier molecular flexibility index (Phi) is 6.91. The Morgan fingerprint density at radius 2 is 1.69 bits per heavy atom. The van der Waals surface area contributed by atoms with E-state index in [1.807, 2.05) is 85.8 Å². The van der Waals surface area contributed by atoms with Crippen LogP contribution in [0.4, 0.5) is 0 Å². The Labute approximate surface area is 171 Å². The van der Waals surface area contributed by atoms with Gasteiger partial charge in [0.1, 0.15) is 12.4 Å².